The van der Waals surface area contributed by atoms with Crippen LogP contribution in [0.1, 0.15) is 112 Å². The van der Waals surface area contributed by atoms with Gasteiger partial charge in [0.05, 0.1) is 36.2 Å². The summed E-state index contributed by atoms with van der Waals surface area (Å²) in [5.74, 6) is -8.10. The van der Waals surface area contributed by atoms with Gasteiger partial charge in [0.2, 0.25) is 5.79 Å². The number of Topliss-reactive ketones (excluding diaryl/α,β-unsaturated/α-hetero) is 1. The summed E-state index contributed by atoms with van der Waals surface area (Å²) in [6.07, 6.45) is 2.17. The lowest BCUT2D eigenvalue weighted by atomic mass is 9.81. The molecule has 0 aromatic rings. The molecule has 0 spiro atoms. The number of carbonyl (C=O) groups is 3. The van der Waals surface area contributed by atoms with Gasteiger partial charge in [0.15, 0.2) is 0 Å². The summed E-state index contributed by atoms with van der Waals surface area (Å²) in [6.45, 7) is 10.8. The van der Waals surface area contributed by atoms with E-state index in [0.29, 0.717) is 56.9 Å². The Balaban J connectivity index is 1.85. The number of aliphatic hydroxyl groups is 3. The van der Waals surface area contributed by atoms with Crippen LogP contribution in [0.15, 0.2) is 28.5 Å². The SMILES string of the molecule is CC[C@@H]1/C=C(\C)C[C@H](C)C[C@H](OC)[C@H]2O[C@@](O)(C(=O)C(=O)N3CCCC[C@H]3C(=O)O[C@H](/C(C)=C/[C@@H]3CC[C@@H](O)[C@H](OC)C3)[C@H](C)[C@@H](O)C/C1=N/OS(=O)(=O)O)[C@H](C)C[C@@H]2OC. The van der Waals surface area contributed by atoms with Crippen LogP contribution >= 0.6 is 0 Å². The maximum atomic E-state index is 14.4. The molecule has 1 saturated carbocycles. The molecular weight excluding hydrogens is 817 g/mol. The second kappa shape index (κ2) is 22.2. The molecule has 0 radical (unpaired) electrons. The summed E-state index contributed by atoms with van der Waals surface area (Å²) in [5.41, 5.74) is 1.58. The van der Waals surface area contributed by atoms with Gasteiger partial charge >= 0.3 is 16.4 Å². The number of methoxy groups -OCH3 is 3. The Morgan fingerprint density at radius 2 is 1.61 bits per heavy atom. The molecule has 3 fully saturated rings. The van der Waals surface area contributed by atoms with Crippen LogP contribution in [0.3, 0.4) is 0 Å². The van der Waals surface area contributed by atoms with Crippen LogP contribution in [0.5, 0.6) is 0 Å². The Hall–Kier alpha value is -2.81. The highest BCUT2D eigenvalue weighted by Gasteiger charge is 2.56. The molecule has 4 rings (SSSR count). The van der Waals surface area contributed by atoms with Gasteiger partial charge in [0.1, 0.15) is 18.2 Å². The molecule has 1 aliphatic carbocycles. The summed E-state index contributed by atoms with van der Waals surface area (Å²) >= 11 is 0. The van der Waals surface area contributed by atoms with Crippen LogP contribution < -0.4 is 0 Å². The number of nitrogens with zero attached hydrogens (tertiary/aromatic N) is 2. The zero-order valence-electron chi connectivity index (χ0n) is 37.2. The van der Waals surface area contributed by atoms with Crippen LogP contribution in [0.4, 0.5) is 0 Å². The van der Waals surface area contributed by atoms with E-state index >= 15 is 0 Å². The molecule has 0 unspecified atom stereocenters. The maximum Gasteiger partial charge on any atom is 0.466 e. The highest BCUT2D eigenvalue weighted by Crippen LogP contribution is 2.39. The van der Waals surface area contributed by atoms with Crippen molar-refractivity contribution in [2.45, 2.75) is 167 Å². The van der Waals surface area contributed by atoms with E-state index in [4.69, 9.17) is 23.7 Å². The zero-order chi connectivity index (χ0) is 45.4. The van der Waals surface area contributed by atoms with E-state index in [9.17, 15) is 42.7 Å². The Morgan fingerprint density at radius 3 is 2.23 bits per heavy atom. The van der Waals surface area contributed by atoms with Crippen LogP contribution in [-0.2, 0) is 52.8 Å². The number of aliphatic hydroxyl groups excluding tert-OH is 2. The minimum absolute atomic E-state index is 0.0377. The van der Waals surface area contributed by atoms with E-state index in [1.807, 2.05) is 32.9 Å². The third kappa shape index (κ3) is 12.9. The number of carbonyl (C=O) groups excluding carboxylic acids is 3. The van der Waals surface area contributed by atoms with Crippen LogP contribution in [0.2, 0.25) is 0 Å². The van der Waals surface area contributed by atoms with E-state index in [1.165, 1.54) is 21.3 Å². The van der Waals surface area contributed by atoms with Crippen LogP contribution in [-0.4, -0.2) is 139 Å². The van der Waals surface area contributed by atoms with E-state index in [1.54, 1.807) is 20.8 Å². The van der Waals surface area contributed by atoms with E-state index in [-0.39, 0.29) is 43.4 Å². The number of rotatable bonds is 8. The molecule has 4 N–H and O–H groups in total. The normalized spacial score (nSPS) is 40.0. The first-order valence-electron chi connectivity index (χ1n) is 21.7. The van der Waals surface area contributed by atoms with Gasteiger partial charge in [-0.1, -0.05) is 50.6 Å². The van der Waals surface area contributed by atoms with Crippen molar-refractivity contribution in [3.63, 3.8) is 0 Å². The number of ketones is 1. The molecule has 61 heavy (non-hydrogen) atoms. The monoisotopic (exact) mass is 886 g/mol. The number of hydrogen-bond acceptors (Lipinski definition) is 15. The Kier molecular flexibility index (Phi) is 18.5. The molecule has 3 aliphatic heterocycles. The van der Waals surface area contributed by atoms with Gasteiger partial charge in [-0.2, -0.15) is 8.42 Å². The number of cyclic esters (lactones) is 1. The number of amides is 1. The zero-order valence-corrected chi connectivity index (χ0v) is 38.0. The molecular formula is C43H70N2O15S. The van der Waals surface area contributed by atoms with Crippen molar-refractivity contribution in [3.05, 3.63) is 23.3 Å². The predicted octanol–water partition coefficient (Wildman–Crippen LogP) is 4.08. The quantitative estimate of drug-likeness (QED) is 0.0884. The molecule has 18 heteroatoms. The lowest BCUT2D eigenvalue weighted by molar-refractivity contribution is -0.302. The molecule has 17 nitrogen and oxygen atoms in total. The average molecular weight is 887 g/mol. The van der Waals surface area contributed by atoms with Crippen molar-refractivity contribution < 1.29 is 70.6 Å². The van der Waals surface area contributed by atoms with Gasteiger partial charge < -0.3 is 43.9 Å². The molecule has 14 atom stereocenters. The van der Waals surface area contributed by atoms with Gasteiger partial charge in [0.25, 0.3) is 11.7 Å². The third-order valence-electron chi connectivity index (χ3n) is 13.2. The van der Waals surface area contributed by atoms with Crippen LogP contribution in [0.25, 0.3) is 0 Å². The highest BCUT2D eigenvalue weighted by atomic mass is 32.3. The number of piperidine rings is 1. The second-order valence-corrected chi connectivity index (χ2v) is 18.8. The van der Waals surface area contributed by atoms with Crippen molar-refractivity contribution in [2.75, 3.05) is 27.9 Å². The minimum Gasteiger partial charge on any atom is -0.456 e. The second-order valence-electron chi connectivity index (χ2n) is 17.8. The van der Waals surface area contributed by atoms with Crippen molar-refractivity contribution in [1.29, 1.82) is 0 Å². The van der Waals surface area contributed by atoms with Crippen molar-refractivity contribution >= 4 is 33.8 Å². The Bertz CT molecular complexity index is 1720. The summed E-state index contributed by atoms with van der Waals surface area (Å²) in [6, 6.07) is -1.21. The summed E-state index contributed by atoms with van der Waals surface area (Å²) in [7, 11) is -0.494. The maximum absolute atomic E-state index is 14.4. The number of allylic oxidation sites excluding steroid dienone is 3. The number of esters is 1. The van der Waals surface area contributed by atoms with Crippen molar-refractivity contribution in [2.24, 2.45) is 34.7 Å². The van der Waals surface area contributed by atoms with Gasteiger partial charge in [-0.05, 0) is 95.5 Å². The third-order valence-corrected chi connectivity index (χ3v) is 13.4. The lowest BCUT2D eigenvalue weighted by Gasteiger charge is -2.47. The first-order valence-corrected chi connectivity index (χ1v) is 23.0. The fourth-order valence-corrected chi connectivity index (χ4v) is 9.80. The van der Waals surface area contributed by atoms with E-state index in [2.05, 4.69) is 9.44 Å². The first kappa shape index (κ1) is 50.8. The summed E-state index contributed by atoms with van der Waals surface area (Å²) < 4.78 is 67.3. The fourth-order valence-electron chi connectivity index (χ4n) is 9.61. The topological polar surface area (TPSA) is 237 Å². The van der Waals surface area contributed by atoms with Gasteiger partial charge in [-0.25, -0.2) is 9.08 Å². The highest BCUT2D eigenvalue weighted by molar-refractivity contribution is 7.80. The van der Waals surface area contributed by atoms with E-state index in [0.717, 1.165) is 10.5 Å². The smallest absolute Gasteiger partial charge is 0.456 e. The van der Waals surface area contributed by atoms with Gasteiger partial charge in [-0.15, -0.1) is 0 Å². The first-order chi connectivity index (χ1) is 28.7. The van der Waals surface area contributed by atoms with Gasteiger partial charge in [-0.3, -0.25) is 14.1 Å². The molecule has 4 aliphatic rings. The number of oxime groups is 1. The molecule has 3 heterocycles. The fraction of sp³-hybridized carbons (Fsp3) is 0.814. The minimum atomic E-state index is -5.01. The van der Waals surface area contributed by atoms with Crippen LogP contribution in [0, 0.1) is 29.6 Å². The average Bonchev–Trinajstić information content (AvgIpc) is 3.22. The molecule has 2 saturated heterocycles. The predicted molar refractivity (Wildman–Crippen MR) is 223 cm³/mol. The molecule has 2 bridgehead atoms. The summed E-state index contributed by atoms with van der Waals surface area (Å²) in [5, 5.41) is 38.3. The Morgan fingerprint density at radius 1 is 0.951 bits per heavy atom. The number of hydrogen-bond donors (Lipinski definition) is 4. The van der Waals surface area contributed by atoms with Gasteiger partial charge in [0, 0.05) is 52.0 Å². The lowest BCUT2D eigenvalue weighted by Crippen LogP contribution is -2.64. The largest absolute Gasteiger partial charge is 0.466 e. The van der Waals surface area contributed by atoms with E-state index < -0.39 is 100 Å². The molecule has 1 amide bonds. The van der Waals surface area contributed by atoms with Crippen molar-refractivity contribution in [3.8, 4) is 0 Å². The Labute approximate surface area is 361 Å². The molecule has 0 aromatic carbocycles. The standard InChI is InChI=1S/C43H70N2O15S/c1-10-30-18-24(2)17-25(3)19-36(56-8)39-37(57-9)21-27(5)43(51,59-39)40(48)41(49)45-16-12-11-13-32(45)42(50)58-38(26(4)20-29-14-15-33(46)35(22-29)55-7)28(6)34(47)23-31(30)44-60-61(52,53)54/h18,20,25,27-30,32-39,46-47,51H,10-17,19,21-23H2,1-9H3,(H,52,53,54)/b24-18+,26-20+,44-31-/t25-,27+,28+,29-,30+,32-,33+,34-,35+,36-,37-,38+,39+,43+/m0/s1. The number of fused-ring (bicyclic) bond motifs is 3. The van der Waals surface area contributed by atoms with Crippen molar-refractivity contribution in [1.82, 2.24) is 4.90 Å². The molecule has 348 valence electrons. The molecule has 0 aromatic heterocycles. The number of ether oxygens (including phenoxy) is 5. The summed E-state index contributed by atoms with van der Waals surface area (Å²) in [4.78, 5) is 44.1.